The summed E-state index contributed by atoms with van der Waals surface area (Å²) >= 11 is 12.4. The maximum absolute atomic E-state index is 13.2. The molecule has 9 nitrogen and oxygen atoms in total. The molecule has 1 fully saturated rings. The molecule has 2 amide bonds. The molecular weight excluding hydrogens is 559 g/mol. The average molecular weight is 585 g/mol. The van der Waals surface area contributed by atoms with Gasteiger partial charge in [0.25, 0.3) is 11.8 Å². The molecule has 2 aliphatic heterocycles. The smallest absolute Gasteiger partial charge is 0.326 e. The molecule has 3 unspecified atom stereocenters. The van der Waals surface area contributed by atoms with E-state index in [1.165, 1.54) is 0 Å². The molecular formula is C29H26Cl2N2O7. The molecule has 0 saturated carbocycles. The summed E-state index contributed by atoms with van der Waals surface area (Å²) in [5.74, 6) is -1.82. The van der Waals surface area contributed by atoms with Gasteiger partial charge in [-0.1, -0.05) is 59.6 Å². The van der Waals surface area contributed by atoms with Gasteiger partial charge in [-0.05, 0) is 47.9 Å². The van der Waals surface area contributed by atoms with Crippen LogP contribution in [0.2, 0.25) is 10.0 Å². The van der Waals surface area contributed by atoms with Gasteiger partial charge >= 0.3 is 5.97 Å². The fourth-order valence-corrected chi connectivity index (χ4v) is 5.24. The molecule has 0 bridgehead atoms. The molecule has 0 spiro atoms. The van der Waals surface area contributed by atoms with Crippen molar-refractivity contribution in [3.8, 4) is 5.75 Å². The van der Waals surface area contributed by atoms with Gasteiger partial charge in [-0.3, -0.25) is 9.59 Å². The Hall–Kier alpha value is -3.63. The number of benzene rings is 3. The van der Waals surface area contributed by atoms with Crippen molar-refractivity contribution in [1.29, 1.82) is 0 Å². The van der Waals surface area contributed by atoms with Crippen molar-refractivity contribution in [2.24, 2.45) is 0 Å². The highest BCUT2D eigenvalue weighted by atomic mass is 35.5. The first-order valence-corrected chi connectivity index (χ1v) is 13.4. The Bertz CT molecular complexity index is 1400. The highest BCUT2D eigenvalue weighted by molar-refractivity contribution is 6.35. The third-order valence-corrected chi connectivity index (χ3v) is 7.56. The second kappa shape index (κ2) is 12.3. The summed E-state index contributed by atoms with van der Waals surface area (Å²) in [5.41, 5.74) is 3.12. The van der Waals surface area contributed by atoms with Crippen LogP contribution < -0.4 is 15.0 Å². The molecule has 0 radical (unpaired) electrons. The van der Waals surface area contributed by atoms with Gasteiger partial charge in [0.15, 0.2) is 12.2 Å². The fraction of sp³-hybridized carbons (Fsp3) is 0.276. The van der Waals surface area contributed by atoms with E-state index in [2.05, 4.69) is 5.32 Å². The number of fused-ring (bicyclic) bond motifs is 1. The van der Waals surface area contributed by atoms with Crippen LogP contribution in [0.25, 0.3) is 0 Å². The quantitative estimate of drug-likeness (QED) is 0.390. The maximum Gasteiger partial charge on any atom is 0.326 e. The molecule has 2 heterocycles. The Morgan fingerprint density at radius 3 is 2.40 bits per heavy atom. The number of aliphatic carboxylic acids is 1. The molecule has 40 heavy (non-hydrogen) atoms. The van der Waals surface area contributed by atoms with Gasteiger partial charge < -0.3 is 29.5 Å². The molecule has 3 aromatic carbocycles. The zero-order chi connectivity index (χ0) is 28.2. The van der Waals surface area contributed by atoms with Crippen LogP contribution in [0.4, 0.5) is 5.69 Å². The van der Waals surface area contributed by atoms with E-state index < -0.39 is 36.0 Å². The van der Waals surface area contributed by atoms with Gasteiger partial charge in [0.05, 0.1) is 0 Å². The molecule has 208 valence electrons. The number of amides is 2. The van der Waals surface area contributed by atoms with Crippen molar-refractivity contribution in [1.82, 2.24) is 5.32 Å². The zero-order valence-electron chi connectivity index (χ0n) is 21.2. The van der Waals surface area contributed by atoms with Crippen molar-refractivity contribution in [3.05, 3.63) is 93.5 Å². The summed E-state index contributed by atoms with van der Waals surface area (Å²) in [6.07, 6.45) is -1.74. The van der Waals surface area contributed by atoms with Crippen LogP contribution in [-0.2, 0) is 43.3 Å². The molecule has 2 N–H and O–H groups in total. The second-order valence-electron chi connectivity index (χ2n) is 9.40. The van der Waals surface area contributed by atoms with Gasteiger partial charge in [0.1, 0.15) is 25.2 Å². The van der Waals surface area contributed by atoms with E-state index >= 15 is 0 Å². The number of carbonyl (C=O) groups is 3. The molecule has 0 aromatic heterocycles. The van der Waals surface area contributed by atoms with Crippen molar-refractivity contribution in [3.63, 3.8) is 0 Å². The number of hydrogen-bond donors (Lipinski definition) is 2. The van der Waals surface area contributed by atoms with Crippen LogP contribution >= 0.6 is 23.2 Å². The van der Waals surface area contributed by atoms with Crippen LogP contribution in [0.15, 0.2) is 66.7 Å². The summed E-state index contributed by atoms with van der Waals surface area (Å²) in [4.78, 5) is 39.9. The van der Waals surface area contributed by atoms with Gasteiger partial charge in [-0.2, -0.15) is 0 Å². The van der Waals surface area contributed by atoms with Crippen molar-refractivity contribution >= 4 is 46.7 Å². The number of anilines is 1. The summed E-state index contributed by atoms with van der Waals surface area (Å²) < 4.78 is 16.6. The largest absolute Gasteiger partial charge is 0.489 e. The number of halogens is 2. The van der Waals surface area contributed by atoms with Gasteiger partial charge in [-0.25, -0.2) is 4.79 Å². The topological polar surface area (TPSA) is 114 Å². The zero-order valence-corrected chi connectivity index (χ0v) is 22.7. The standard InChI is InChI=1S/C29H26Cl2N2O7/c30-21-5-3-6-22(31)20(21)15-38-19-10-8-17(9-11-19)14-23(29(36)37)32-27(34)25-26(40-16-39-25)28(35)33-13-12-18-4-1-2-7-24(18)33/h1-11,23,25-26H,12-16H2,(H,32,34)(H,36,37). The number of rotatable bonds is 9. The second-order valence-corrected chi connectivity index (χ2v) is 10.2. The van der Waals surface area contributed by atoms with Crippen LogP contribution in [-0.4, -0.2) is 54.5 Å². The molecule has 0 aliphatic carbocycles. The van der Waals surface area contributed by atoms with Gasteiger partial charge in [0.2, 0.25) is 0 Å². The third kappa shape index (κ3) is 6.08. The summed E-state index contributed by atoms with van der Waals surface area (Å²) in [7, 11) is 0. The van der Waals surface area contributed by atoms with E-state index in [-0.39, 0.29) is 19.8 Å². The number of nitrogens with zero attached hydrogens (tertiary/aromatic N) is 1. The minimum absolute atomic E-state index is 0.00336. The molecule has 3 aromatic rings. The van der Waals surface area contributed by atoms with Gasteiger partial charge in [0, 0.05) is 34.3 Å². The number of ether oxygens (including phenoxy) is 3. The van der Waals surface area contributed by atoms with Gasteiger partial charge in [-0.15, -0.1) is 0 Å². The number of nitrogens with one attached hydrogen (secondary N) is 1. The minimum atomic E-state index is -1.27. The predicted octanol–water partition coefficient (Wildman–Crippen LogP) is 4.02. The van der Waals surface area contributed by atoms with E-state index in [0.717, 1.165) is 11.3 Å². The highest BCUT2D eigenvalue weighted by Crippen LogP contribution is 2.30. The normalized spacial score (nSPS) is 18.7. The van der Waals surface area contributed by atoms with Crippen LogP contribution in [0.5, 0.6) is 5.75 Å². The van der Waals surface area contributed by atoms with E-state index in [9.17, 15) is 19.5 Å². The van der Waals surface area contributed by atoms with E-state index in [1.54, 1.807) is 47.4 Å². The summed E-state index contributed by atoms with van der Waals surface area (Å²) in [5, 5.41) is 13.3. The van der Waals surface area contributed by atoms with Crippen molar-refractivity contribution in [2.45, 2.75) is 37.7 Å². The number of hydrogen-bond acceptors (Lipinski definition) is 6. The first-order valence-electron chi connectivity index (χ1n) is 12.6. The minimum Gasteiger partial charge on any atom is -0.489 e. The molecule has 5 rings (SSSR count). The molecule has 3 atom stereocenters. The number of carboxylic acid groups (broad SMARTS) is 1. The van der Waals surface area contributed by atoms with Crippen LogP contribution in [0, 0.1) is 0 Å². The lowest BCUT2D eigenvalue weighted by Crippen LogP contribution is -2.53. The predicted molar refractivity (Wildman–Crippen MR) is 148 cm³/mol. The summed E-state index contributed by atoms with van der Waals surface area (Å²) in [6.45, 7) is 0.385. The average Bonchev–Trinajstić information content (AvgIpc) is 3.61. The highest BCUT2D eigenvalue weighted by Gasteiger charge is 2.44. The summed E-state index contributed by atoms with van der Waals surface area (Å²) in [6, 6.07) is 18.3. The number of carbonyl (C=O) groups excluding carboxylic acids is 2. The van der Waals surface area contributed by atoms with E-state index in [0.29, 0.717) is 39.9 Å². The SMILES string of the molecule is O=C(O)C(Cc1ccc(OCc2c(Cl)cccc2Cl)cc1)NC(=O)C1OCOC1C(=O)N1CCc2ccccc21. The lowest BCUT2D eigenvalue weighted by Gasteiger charge is -2.24. The number of carboxylic acids is 1. The first-order chi connectivity index (χ1) is 19.3. The Labute approximate surface area is 240 Å². The van der Waals surface area contributed by atoms with Crippen LogP contribution in [0.1, 0.15) is 16.7 Å². The molecule has 11 heteroatoms. The van der Waals surface area contributed by atoms with E-state index in [4.69, 9.17) is 37.4 Å². The lowest BCUT2D eigenvalue weighted by atomic mass is 10.0. The van der Waals surface area contributed by atoms with E-state index in [1.807, 2.05) is 24.3 Å². The van der Waals surface area contributed by atoms with Crippen molar-refractivity contribution in [2.75, 3.05) is 18.2 Å². The molecule has 1 saturated heterocycles. The van der Waals surface area contributed by atoms with Crippen molar-refractivity contribution < 1.29 is 33.7 Å². The maximum atomic E-state index is 13.2. The first kappa shape index (κ1) is 27.9. The number of para-hydroxylation sites is 1. The Morgan fingerprint density at radius 2 is 1.68 bits per heavy atom. The third-order valence-electron chi connectivity index (χ3n) is 6.85. The Balaban J connectivity index is 1.20. The Morgan fingerprint density at radius 1 is 0.975 bits per heavy atom. The Kier molecular flexibility index (Phi) is 8.56. The van der Waals surface area contributed by atoms with Crippen LogP contribution in [0.3, 0.4) is 0 Å². The fourth-order valence-electron chi connectivity index (χ4n) is 4.73. The molecule has 2 aliphatic rings. The monoisotopic (exact) mass is 584 g/mol. The lowest BCUT2D eigenvalue weighted by molar-refractivity contribution is -0.144.